The van der Waals surface area contributed by atoms with Crippen LogP contribution in [0.5, 0.6) is 0 Å². The maximum Gasteiger partial charge on any atom is 0.335 e. The molecule has 1 N–H and O–H groups in total. The van der Waals surface area contributed by atoms with E-state index in [-0.39, 0.29) is 17.2 Å². The van der Waals surface area contributed by atoms with Crippen LogP contribution < -0.4 is 0 Å². The van der Waals surface area contributed by atoms with Gasteiger partial charge in [0.2, 0.25) is 0 Å². The van der Waals surface area contributed by atoms with E-state index in [0.717, 1.165) is 34.1 Å². The number of hydrogen-bond acceptors (Lipinski definition) is 5. The highest BCUT2D eigenvalue weighted by Crippen LogP contribution is 2.37. The normalized spacial score (nSPS) is 12.2. The zero-order valence-electron chi connectivity index (χ0n) is 18.8. The van der Waals surface area contributed by atoms with Crippen molar-refractivity contribution in [3.05, 3.63) is 89.6 Å². The zero-order valence-corrected chi connectivity index (χ0v) is 18.8. The van der Waals surface area contributed by atoms with Gasteiger partial charge in [-0.25, -0.2) is 9.18 Å². The van der Waals surface area contributed by atoms with E-state index in [0.29, 0.717) is 16.8 Å². The molecule has 5 rings (SSSR count). The number of halogens is 1. The van der Waals surface area contributed by atoms with Crippen molar-refractivity contribution >= 4 is 17.0 Å². The Bertz CT molecular complexity index is 1520. The molecular weight excluding hydrogens is 435 g/mol. The van der Waals surface area contributed by atoms with Crippen LogP contribution in [0, 0.1) is 19.7 Å². The number of carboxylic acid groups (broad SMARTS) is 1. The number of carbonyl (C=O) groups is 1. The lowest BCUT2D eigenvalue weighted by Gasteiger charge is -2.15. The van der Waals surface area contributed by atoms with Crippen molar-refractivity contribution in [2.24, 2.45) is 0 Å². The second-order valence-corrected chi connectivity index (χ2v) is 8.17. The highest BCUT2D eigenvalue weighted by molar-refractivity contribution is 5.96. The molecule has 4 heterocycles. The molecule has 0 aliphatic rings. The Morgan fingerprint density at radius 3 is 2.59 bits per heavy atom. The lowest BCUT2D eigenvalue weighted by atomic mass is 10.0. The lowest BCUT2D eigenvalue weighted by Crippen LogP contribution is -2.07. The van der Waals surface area contributed by atoms with Gasteiger partial charge < -0.3 is 14.2 Å². The van der Waals surface area contributed by atoms with Crippen LogP contribution in [0.15, 0.2) is 65.6 Å². The molecule has 170 valence electrons. The van der Waals surface area contributed by atoms with Crippen LogP contribution in [0.3, 0.4) is 0 Å². The van der Waals surface area contributed by atoms with Gasteiger partial charge in [-0.15, -0.1) is 0 Å². The predicted octanol–water partition coefficient (Wildman–Crippen LogP) is 5.82. The van der Waals surface area contributed by atoms with Gasteiger partial charge in [0.1, 0.15) is 11.6 Å². The fourth-order valence-corrected chi connectivity index (χ4v) is 4.31. The second-order valence-electron chi connectivity index (χ2n) is 8.17. The Kier molecular flexibility index (Phi) is 5.20. The Morgan fingerprint density at radius 1 is 1.12 bits per heavy atom. The highest BCUT2D eigenvalue weighted by atomic mass is 19.1. The van der Waals surface area contributed by atoms with Crippen molar-refractivity contribution in [3.63, 3.8) is 0 Å². The number of pyridine rings is 2. The summed E-state index contributed by atoms with van der Waals surface area (Å²) in [7, 11) is 0. The minimum Gasteiger partial charge on any atom is -0.478 e. The molecular formula is C26H21FN4O3. The molecule has 0 radical (unpaired) electrons. The van der Waals surface area contributed by atoms with Crippen LogP contribution in [0.1, 0.15) is 40.5 Å². The van der Waals surface area contributed by atoms with Crippen LogP contribution >= 0.6 is 0 Å². The Morgan fingerprint density at radius 2 is 1.94 bits per heavy atom. The second kappa shape index (κ2) is 8.22. The van der Waals surface area contributed by atoms with Crippen molar-refractivity contribution in [1.29, 1.82) is 0 Å². The number of rotatable bonds is 5. The minimum atomic E-state index is -1.18. The fraction of sp³-hybridized carbons (Fsp3) is 0.154. The number of hydrogen-bond donors (Lipinski definition) is 1. The molecule has 1 aromatic carbocycles. The molecule has 8 heteroatoms. The molecule has 0 amide bonds. The Hall–Kier alpha value is -4.33. The molecule has 1 atom stereocenters. The van der Waals surface area contributed by atoms with Crippen LogP contribution in [0.4, 0.5) is 4.39 Å². The van der Waals surface area contributed by atoms with Gasteiger partial charge in [-0.05, 0) is 51.1 Å². The summed E-state index contributed by atoms with van der Waals surface area (Å²) in [6, 6.07) is 11.4. The first-order valence-electron chi connectivity index (χ1n) is 10.7. The molecule has 0 aliphatic heterocycles. The first-order valence-corrected chi connectivity index (χ1v) is 10.7. The third-order valence-corrected chi connectivity index (χ3v) is 6.03. The smallest absolute Gasteiger partial charge is 0.335 e. The summed E-state index contributed by atoms with van der Waals surface area (Å²) < 4.78 is 22.4. The summed E-state index contributed by atoms with van der Waals surface area (Å²) in [4.78, 5) is 20.5. The SMILES string of the molecule is Cc1noc(C)c1-c1cnc2c(-c3ccc(C(=O)O)cc3F)cn([C@@H](C)c3ccccn3)c2c1. The first kappa shape index (κ1) is 21.5. The number of aromatic carboxylic acids is 1. The standard InChI is InChI=1S/C26H21FN4O3/c1-14-24(16(3)34-30-14)18-11-23-25(29-12-18)20(19-8-7-17(26(32)33)10-21(19)27)13-31(23)15(2)22-6-4-5-9-28-22/h4-13,15H,1-3H3,(H,32,33)/t15-/m0/s1. The van der Waals surface area contributed by atoms with Gasteiger partial charge in [-0.3, -0.25) is 9.97 Å². The predicted molar refractivity (Wildman–Crippen MR) is 125 cm³/mol. The average molecular weight is 456 g/mol. The van der Waals surface area contributed by atoms with E-state index < -0.39 is 11.8 Å². The van der Waals surface area contributed by atoms with E-state index in [4.69, 9.17) is 9.51 Å². The van der Waals surface area contributed by atoms with Crippen LogP contribution in [-0.2, 0) is 0 Å². The first-order chi connectivity index (χ1) is 16.3. The number of benzene rings is 1. The topological polar surface area (TPSA) is 94.0 Å². The van der Waals surface area contributed by atoms with Crippen molar-refractivity contribution in [2.75, 3.05) is 0 Å². The van der Waals surface area contributed by atoms with Gasteiger partial charge in [0.05, 0.1) is 34.0 Å². The summed E-state index contributed by atoms with van der Waals surface area (Å²) in [6.07, 6.45) is 5.29. The van der Waals surface area contributed by atoms with Gasteiger partial charge in [-0.2, -0.15) is 0 Å². The van der Waals surface area contributed by atoms with Gasteiger partial charge in [0.25, 0.3) is 0 Å². The zero-order chi connectivity index (χ0) is 24.0. The summed E-state index contributed by atoms with van der Waals surface area (Å²) in [6.45, 7) is 5.73. The third-order valence-electron chi connectivity index (χ3n) is 6.03. The highest BCUT2D eigenvalue weighted by Gasteiger charge is 2.22. The number of carboxylic acids is 1. The summed E-state index contributed by atoms with van der Waals surface area (Å²) in [5.74, 6) is -1.12. The minimum absolute atomic E-state index is 0.111. The van der Waals surface area contributed by atoms with E-state index >= 15 is 4.39 Å². The monoisotopic (exact) mass is 456 g/mol. The number of fused-ring (bicyclic) bond motifs is 1. The van der Waals surface area contributed by atoms with Crippen molar-refractivity contribution < 1.29 is 18.8 Å². The van der Waals surface area contributed by atoms with E-state index in [1.807, 2.05) is 55.8 Å². The Balaban J connectivity index is 1.75. The number of aryl methyl sites for hydroxylation is 2. The summed E-state index contributed by atoms with van der Waals surface area (Å²) in [5, 5.41) is 13.3. The van der Waals surface area contributed by atoms with Crippen LogP contribution in [0.2, 0.25) is 0 Å². The maximum atomic E-state index is 15.0. The van der Waals surface area contributed by atoms with Crippen LogP contribution in [0.25, 0.3) is 33.3 Å². The molecule has 0 bridgehead atoms. The third kappa shape index (κ3) is 3.53. The molecule has 0 fully saturated rings. The van der Waals surface area contributed by atoms with E-state index in [9.17, 15) is 9.90 Å². The number of aromatic nitrogens is 4. The van der Waals surface area contributed by atoms with E-state index in [2.05, 4.69) is 10.1 Å². The van der Waals surface area contributed by atoms with Gasteiger partial charge in [0, 0.05) is 40.8 Å². The van der Waals surface area contributed by atoms with E-state index in [1.165, 1.54) is 12.1 Å². The molecule has 4 aromatic heterocycles. The summed E-state index contributed by atoms with van der Waals surface area (Å²) in [5.41, 5.74) is 5.42. The van der Waals surface area contributed by atoms with E-state index in [1.54, 1.807) is 12.4 Å². The average Bonchev–Trinajstić information content (AvgIpc) is 3.38. The summed E-state index contributed by atoms with van der Waals surface area (Å²) >= 11 is 0. The van der Waals surface area contributed by atoms with Crippen molar-refractivity contribution in [1.82, 2.24) is 19.7 Å². The van der Waals surface area contributed by atoms with Gasteiger partial charge >= 0.3 is 5.97 Å². The quantitative estimate of drug-likeness (QED) is 0.358. The van der Waals surface area contributed by atoms with Crippen LogP contribution in [-0.4, -0.2) is 30.8 Å². The molecule has 0 unspecified atom stereocenters. The number of nitrogens with zero attached hydrogens (tertiary/aromatic N) is 4. The molecule has 7 nitrogen and oxygen atoms in total. The largest absolute Gasteiger partial charge is 0.478 e. The Labute approximate surface area is 194 Å². The van der Waals surface area contributed by atoms with Crippen molar-refractivity contribution in [3.8, 4) is 22.3 Å². The molecule has 0 aliphatic carbocycles. The van der Waals surface area contributed by atoms with Crippen molar-refractivity contribution in [2.45, 2.75) is 26.8 Å². The molecule has 5 aromatic rings. The lowest BCUT2D eigenvalue weighted by molar-refractivity contribution is 0.0696. The molecule has 0 saturated heterocycles. The maximum absolute atomic E-state index is 15.0. The molecule has 0 saturated carbocycles. The van der Waals surface area contributed by atoms with Gasteiger partial charge in [-0.1, -0.05) is 17.3 Å². The molecule has 34 heavy (non-hydrogen) atoms. The fourth-order valence-electron chi connectivity index (χ4n) is 4.31. The van der Waals surface area contributed by atoms with Gasteiger partial charge in [0.15, 0.2) is 0 Å². The molecule has 0 spiro atoms.